The maximum absolute atomic E-state index is 12.6. The molecule has 0 saturated carbocycles. The summed E-state index contributed by atoms with van der Waals surface area (Å²) in [6.45, 7) is 9.75. The SMILES string of the molecule is COC(=O)c1c(CNC(=O)C(=O)Nc2cnn(CCC(C)C)c2C(C)C)nn2c1CCCC2. The van der Waals surface area contributed by atoms with Crippen molar-refractivity contribution in [1.29, 1.82) is 0 Å². The van der Waals surface area contributed by atoms with Gasteiger partial charge in [-0.15, -0.1) is 0 Å². The highest BCUT2D eigenvalue weighted by atomic mass is 16.5. The Bertz CT molecular complexity index is 1020. The molecule has 2 aromatic rings. The minimum Gasteiger partial charge on any atom is -0.465 e. The maximum Gasteiger partial charge on any atom is 0.341 e. The summed E-state index contributed by atoms with van der Waals surface area (Å²) in [5.41, 5.74) is 3.01. The molecule has 2 aromatic heterocycles. The van der Waals surface area contributed by atoms with Gasteiger partial charge in [0, 0.05) is 13.1 Å². The normalized spacial score (nSPS) is 13.2. The number of ether oxygens (including phenoxy) is 1. The Hall–Kier alpha value is -3.17. The highest BCUT2D eigenvalue weighted by Crippen LogP contribution is 2.25. The first-order valence-corrected chi connectivity index (χ1v) is 11.5. The van der Waals surface area contributed by atoms with Gasteiger partial charge in [0.15, 0.2) is 0 Å². The number of aryl methyl sites for hydroxylation is 2. The van der Waals surface area contributed by atoms with E-state index in [4.69, 9.17) is 4.74 Å². The number of carbonyl (C=O) groups is 3. The van der Waals surface area contributed by atoms with Gasteiger partial charge in [-0.1, -0.05) is 27.7 Å². The molecular formula is C23H34N6O4. The summed E-state index contributed by atoms with van der Waals surface area (Å²) in [7, 11) is 1.32. The fourth-order valence-electron chi connectivity index (χ4n) is 4.09. The summed E-state index contributed by atoms with van der Waals surface area (Å²) in [5, 5.41) is 14.1. The van der Waals surface area contributed by atoms with Gasteiger partial charge in [-0.2, -0.15) is 10.2 Å². The fraction of sp³-hybridized carbons (Fsp3) is 0.609. The molecule has 1 aliphatic heterocycles. The van der Waals surface area contributed by atoms with Gasteiger partial charge in [0.25, 0.3) is 0 Å². The summed E-state index contributed by atoms with van der Waals surface area (Å²) in [4.78, 5) is 37.4. The van der Waals surface area contributed by atoms with E-state index in [9.17, 15) is 14.4 Å². The molecule has 0 atom stereocenters. The van der Waals surface area contributed by atoms with Gasteiger partial charge in [-0.25, -0.2) is 4.79 Å². The average molecular weight is 459 g/mol. The van der Waals surface area contributed by atoms with Crippen molar-refractivity contribution >= 4 is 23.5 Å². The van der Waals surface area contributed by atoms with Crippen molar-refractivity contribution in [2.24, 2.45) is 5.92 Å². The zero-order valence-corrected chi connectivity index (χ0v) is 20.1. The summed E-state index contributed by atoms with van der Waals surface area (Å²) in [6, 6.07) is 0. The van der Waals surface area contributed by atoms with Crippen LogP contribution in [-0.4, -0.2) is 44.5 Å². The minimum absolute atomic E-state index is 0.0403. The van der Waals surface area contributed by atoms with E-state index in [0.717, 1.165) is 43.6 Å². The zero-order chi connectivity index (χ0) is 24.1. The summed E-state index contributed by atoms with van der Waals surface area (Å²) in [5.74, 6) is -1.42. The lowest BCUT2D eigenvalue weighted by atomic mass is 10.0. The highest BCUT2D eigenvalue weighted by molar-refractivity contribution is 6.39. The first-order valence-electron chi connectivity index (χ1n) is 11.5. The second-order valence-electron chi connectivity index (χ2n) is 9.08. The molecule has 0 saturated heterocycles. The quantitative estimate of drug-likeness (QED) is 0.463. The number of amides is 2. The summed E-state index contributed by atoms with van der Waals surface area (Å²) < 4.78 is 8.59. The van der Waals surface area contributed by atoms with Crippen molar-refractivity contribution in [2.75, 3.05) is 12.4 Å². The molecule has 2 N–H and O–H groups in total. The third kappa shape index (κ3) is 5.61. The van der Waals surface area contributed by atoms with Crippen molar-refractivity contribution in [3.8, 4) is 0 Å². The van der Waals surface area contributed by atoms with Gasteiger partial charge in [-0.3, -0.25) is 19.0 Å². The minimum atomic E-state index is -0.804. The van der Waals surface area contributed by atoms with Crippen molar-refractivity contribution in [1.82, 2.24) is 24.9 Å². The molecule has 10 nitrogen and oxygen atoms in total. The number of anilines is 1. The van der Waals surface area contributed by atoms with Crippen molar-refractivity contribution in [2.45, 2.75) is 78.9 Å². The molecule has 0 unspecified atom stereocenters. The topological polar surface area (TPSA) is 120 Å². The van der Waals surface area contributed by atoms with E-state index >= 15 is 0 Å². The number of nitrogens with one attached hydrogen (secondary N) is 2. The first-order chi connectivity index (χ1) is 15.7. The average Bonchev–Trinajstić information content (AvgIpc) is 3.36. The van der Waals surface area contributed by atoms with Crippen LogP contribution in [-0.2, 0) is 40.4 Å². The lowest BCUT2D eigenvalue weighted by Crippen LogP contribution is -2.35. The zero-order valence-electron chi connectivity index (χ0n) is 20.1. The van der Waals surface area contributed by atoms with Crippen molar-refractivity contribution in [3.05, 3.63) is 28.8 Å². The molecule has 0 spiro atoms. The molecule has 180 valence electrons. The number of aromatic nitrogens is 4. The van der Waals surface area contributed by atoms with Crippen LogP contribution in [0.4, 0.5) is 5.69 Å². The van der Waals surface area contributed by atoms with E-state index in [1.54, 1.807) is 10.9 Å². The van der Waals surface area contributed by atoms with E-state index in [1.807, 2.05) is 18.5 Å². The third-order valence-corrected chi connectivity index (χ3v) is 5.77. The Morgan fingerprint density at radius 2 is 1.91 bits per heavy atom. The maximum atomic E-state index is 12.6. The lowest BCUT2D eigenvalue weighted by Gasteiger charge is -2.14. The number of carbonyl (C=O) groups excluding carboxylic acids is 3. The molecule has 3 heterocycles. The smallest absolute Gasteiger partial charge is 0.341 e. The number of rotatable bonds is 8. The van der Waals surface area contributed by atoms with Crippen LogP contribution in [0.25, 0.3) is 0 Å². The van der Waals surface area contributed by atoms with Crippen molar-refractivity contribution < 1.29 is 19.1 Å². The Labute approximate surface area is 194 Å². The van der Waals surface area contributed by atoms with Crippen LogP contribution in [0.5, 0.6) is 0 Å². The number of fused-ring (bicyclic) bond motifs is 1. The molecule has 33 heavy (non-hydrogen) atoms. The molecule has 3 rings (SSSR count). The van der Waals surface area contributed by atoms with Gasteiger partial charge >= 0.3 is 17.8 Å². The molecule has 0 fully saturated rings. The van der Waals surface area contributed by atoms with Gasteiger partial charge < -0.3 is 15.4 Å². The predicted molar refractivity (Wildman–Crippen MR) is 123 cm³/mol. The Balaban J connectivity index is 1.68. The van der Waals surface area contributed by atoms with Crippen LogP contribution in [0.1, 0.15) is 80.3 Å². The highest BCUT2D eigenvalue weighted by Gasteiger charge is 2.27. The molecule has 0 aromatic carbocycles. The van der Waals surface area contributed by atoms with Crippen LogP contribution in [0.2, 0.25) is 0 Å². The predicted octanol–water partition coefficient (Wildman–Crippen LogP) is 2.63. The second kappa shape index (κ2) is 10.6. The van der Waals surface area contributed by atoms with E-state index < -0.39 is 17.8 Å². The third-order valence-electron chi connectivity index (χ3n) is 5.77. The monoisotopic (exact) mass is 458 g/mol. The van der Waals surface area contributed by atoms with Crippen molar-refractivity contribution in [3.63, 3.8) is 0 Å². The van der Waals surface area contributed by atoms with Gasteiger partial charge in [0.1, 0.15) is 5.56 Å². The fourth-order valence-corrected chi connectivity index (χ4v) is 4.09. The van der Waals surface area contributed by atoms with Crippen LogP contribution >= 0.6 is 0 Å². The van der Waals surface area contributed by atoms with E-state index in [-0.39, 0.29) is 12.5 Å². The summed E-state index contributed by atoms with van der Waals surface area (Å²) in [6.07, 6.45) is 5.22. The number of nitrogens with zero attached hydrogens (tertiary/aromatic N) is 4. The molecule has 1 aliphatic rings. The largest absolute Gasteiger partial charge is 0.465 e. The van der Waals surface area contributed by atoms with Crippen LogP contribution in [0.3, 0.4) is 0 Å². The molecule has 0 radical (unpaired) electrons. The molecular weight excluding hydrogens is 424 g/mol. The summed E-state index contributed by atoms with van der Waals surface area (Å²) >= 11 is 0. The van der Waals surface area contributed by atoms with Gasteiger partial charge in [-0.05, 0) is 37.5 Å². The van der Waals surface area contributed by atoms with Crippen LogP contribution in [0.15, 0.2) is 6.20 Å². The Kier molecular flexibility index (Phi) is 7.88. The Morgan fingerprint density at radius 1 is 1.15 bits per heavy atom. The van der Waals surface area contributed by atoms with E-state index in [2.05, 4.69) is 34.7 Å². The number of esters is 1. The second-order valence-corrected chi connectivity index (χ2v) is 9.08. The Morgan fingerprint density at radius 3 is 2.58 bits per heavy atom. The van der Waals surface area contributed by atoms with E-state index in [1.165, 1.54) is 7.11 Å². The van der Waals surface area contributed by atoms with Crippen LogP contribution in [0, 0.1) is 5.92 Å². The van der Waals surface area contributed by atoms with Gasteiger partial charge in [0.2, 0.25) is 0 Å². The standard InChI is InChI=1S/C23H34N6O4/c1-14(2)9-11-29-20(15(3)4)17(13-25-29)26-22(31)21(30)24-12-16-19(23(32)33-5)18-8-6-7-10-28(18)27-16/h13-15H,6-12H2,1-5H3,(H,24,30)(H,26,31). The molecule has 0 bridgehead atoms. The lowest BCUT2D eigenvalue weighted by molar-refractivity contribution is -0.136. The molecule has 2 amide bonds. The van der Waals surface area contributed by atoms with Crippen LogP contribution < -0.4 is 10.6 Å². The first kappa shape index (κ1) is 24.5. The van der Waals surface area contributed by atoms with Gasteiger partial charge in [0.05, 0.1) is 42.6 Å². The molecule has 10 heteroatoms. The molecule has 0 aliphatic carbocycles. The number of hydrogen-bond acceptors (Lipinski definition) is 6. The number of hydrogen-bond donors (Lipinski definition) is 2. The van der Waals surface area contributed by atoms with E-state index in [0.29, 0.717) is 29.4 Å². The number of methoxy groups -OCH3 is 1.